The van der Waals surface area contributed by atoms with Crippen LogP contribution < -0.4 is 4.74 Å². The van der Waals surface area contributed by atoms with Gasteiger partial charge in [0.1, 0.15) is 11.3 Å². The van der Waals surface area contributed by atoms with E-state index in [1.807, 2.05) is 43.3 Å². The Morgan fingerprint density at radius 1 is 1.13 bits per heavy atom. The molecule has 3 aromatic carbocycles. The van der Waals surface area contributed by atoms with E-state index in [1.165, 1.54) is 0 Å². The highest BCUT2D eigenvalue weighted by Crippen LogP contribution is 2.36. The van der Waals surface area contributed by atoms with E-state index >= 15 is 0 Å². The molecular weight excluding hydrogens is 456 g/mol. The number of ether oxygens (including phenoxy) is 1. The predicted octanol–water partition coefficient (Wildman–Crippen LogP) is 6.59. The zero-order valence-corrected chi connectivity index (χ0v) is 18.2. The number of fused-ring (bicyclic) bond motifs is 1. The van der Waals surface area contributed by atoms with Crippen molar-refractivity contribution in [1.29, 1.82) is 5.26 Å². The quantitative estimate of drug-likeness (QED) is 0.354. The van der Waals surface area contributed by atoms with Gasteiger partial charge < -0.3 is 9.84 Å². The topological polar surface area (TPSA) is 83.2 Å². The molecule has 1 aromatic heterocycles. The Bertz CT molecular complexity index is 1340. The third kappa shape index (κ3) is 4.00. The molecule has 0 aliphatic heterocycles. The van der Waals surface area contributed by atoms with Gasteiger partial charge in [0.2, 0.25) is 0 Å². The Hall–Kier alpha value is -3.69. The molecular formula is C25H17BrN2O3. The van der Waals surface area contributed by atoms with Gasteiger partial charge in [-0.3, -0.25) is 0 Å². The predicted molar refractivity (Wildman–Crippen MR) is 122 cm³/mol. The zero-order valence-electron chi connectivity index (χ0n) is 16.6. The summed E-state index contributed by atoms with van der Waals surface area (Å²) in [5.41, 5.74) is 3.55. The first kappa shape index (κ1) is 20.6. The van der Waals surface area contributed by atoms with Crippen molar-refractivity contribution in [3.05, 3.63) is 88.0 Å². The lowest BCUT2D eigenvalue weighted by Crippen LogP contribution is -2.06. The van der Waals surface area contributed by atoms with E-state index in [2.05, 4.69) is 27.0 Å². The van der Waals surface area contributed by atoms with Gasteiger partial charge in [-0.25, -0.2) is 9.78 Å². The summed E-state index contributed by atoms with van der Waals surface area (Å²) in [6.45, 7) is 1.91. The van der Waals surface area contributed by atoms with E-state index in [1.54, 1.807) is 30.3 Å². The summed E-state index contributed by atoms with van der Waals surface area (Å²) >= 11 is 3.40. The maximum Gasteiger partial charge on any atom is 0.340 e. The lowest BCUT2D eigenvalue weighted by Gasteiger charge is -2.15. The van der Waals surface area contributed by atoms with E-state index in [0.717, 1.165) is 15.6 Å². The van der Waals surface area contributed by atoms with Crippen LogP contribution in [0.5, 0.6) is 11.5 Å². The minimum absolute atomic E-state index is 0.0852. The fraction of sp³-hybridized carbons (Fsp3) is 0.0800. The Balaban J connectivity index is 1.79. The number of nitrogens with zero attached hydrogens (tertiary/aromatic N) is 2. The number of hydrogen-bond donors (Lipinski definition) is 1. The molecule has 6 heteroatoms. The smallest absolute Gasteiger partial charge is 0.340 e. The van der Waals surface area contributed by atoms with E-state index in [-0.39, 0.29) is 11.3 Å². The first-order valence-electron chi connectivity index (χ1n) is 9.64. The molecule has 0 radical (unpaired) electrons. The average Bonchev–Trinajstić information content (AvgIpc) is 2.78. The highest BCUT2D eigenvalue weighted by Gasteiger charge is 2.22. The standard InChI is InChI=1S/C25H17BrN2O3/c1-2-21-24(23(25(29)30)20-13-17(26)9-12-22(20)28-21)31-18-10-7-15(8-11-18)19-6-4-3-5-16(19)14-27/h3-13H,2H2,1H3,(H,29,30). The summed E-state index contributed by atoms with van der Waals surface area (Å²) in [6, 6.07) is 22.1. The van der Waals surface area contributed by atoms with Crippen LogP contribution in [0.3, 0.4) is 0 Å². The van der Waals surface area contributed by atoms with Crippen LogP contribution in [0.2, 0.25) is 0 Å². The largest absolute Gasteiger partial charge is 0.478 e. The summed E-state index contributed by atoms with van der Waals surface area (Å²) in [7, 11) is 0. The van der Waals surface area contributed by atoms with E-state index in [4.69, 9.17) is 4.74 Å². The van der Waals surface area contributed by atoms with Gasteiger partial charge in [0, 0.05) is 9.86 Å². The van der Waals surface area contributed by atoms with Crippen molar-refractivity contribution >= 4 is 32.8 Å². The van der Waals surface area contributed by atoms with Crippen LogP contribution >= 0.6 is 15.9 Å². The molecule has 0 saturated heterocycles. The van der Waals surface area contributed by atoms with Crippen LogP contribution in [-0.4, -0.2) is 16.1 Å². The molecule has 0 amide bonds. The van der Waals surface area contributed by atoms with Crippen LogP contribution in [0, 0.1) is 11.3 Å². The molecule has 0 saturated carbocycles. The summed E-state index contributed by atoms with van der Waals surface area (Å²) in [4.78, 5) is 16.8. The maximum atomic E-state index is 12.2. The molecule has 0 spiro atoms. The number of carbonyl (C=O) groups is 1. The van der Waals surface area contributed by atoms with E-state index in [9.17, 15) is 15.2 Å². The van der Waals surface area contributed by atoms with Gasteiger partial charge in [-0.2, -0.15) is 5.26 Å². The van der Waals surface area contributed by atoms with Crippen LogP contribution in [0.4, 0.5) is 0 Å². The van der Waals surface area contributed by atoms with Crippen molar-refractivity contribution in [2.75, 3.05) is 0 Å². The second-order valence-corrected chi connectivity index (χ2v) is 7.78. The van der Waals surface area contributed by atoms with Gasteiger partial charge in [-0.1, -0.05) is 53.2 Å². The normalized spacial score (nSPS) is 10.6. The molecule has 31 heavy (non-hydrogen) atoms. The molecule has 1 heterocycles. The lowest BCUT2D eigenvalue weighted by atomic mass is 10.0. The number of halogens is 1. The van der Waals surface area contributed by atoms with Gasteiger partial charge in [0.05, 0.1) is 22.8 Å². The van der Waals surface area contributed by atoms with Gasteiger partial charge in [-0.15, -0.1) is 0 Å². The number of hydrogen-bond acceptors (Lipinski definition) is 4. The Kier molecular flexibility index (Phi) is 5.70. The summed E-state index contributed by atoms with van der Waals surface area (Å²) in [6.07, 6.45) is 0.523. The second kappa shape index (κ2) is 8.58. The van der Waals surface area contributed by atoms with Crippen molar-refractivity contribution in [2.45, 2.75) is 13.3 Å². The number of rotatable bonds is 5. The fourth-order valence-electron chi connectivity index (χ4n) is 3.48. The number of carboxylic acids is 1. The van der Waals surface area contributed by atoms with Crippen molar-refractivity contribution in [1.82, 2.24) is 4.98 Å². The molecule has 5 nitrogen and oxygen atoms in total. The van der Waals surface area contributed by atoms with Gasteiger partial charge >= 0.3 is 5.97 Å². The maximum absolute atomic E-state index is 12.2. The van der Waals surface area contributed by atoms with Crippen molar-refractivity contribution in [3.63, 3.8) is 0 Å². The summed E-state index contributed by atoms with van der Waals surface area (Å²) in [5, 5.41) is 19.8. The number of aromatic nitrogens is 1. The van der Waals surface area contributed by atoms with Crippen molar-refractivity contribution < 1.29 is 14.6 Å². The van der Waals surface area contributed by atoms with Crippen LogP contribution in [-0.2, 0) is 6.42 Å². The average molecular weight is 473 g/mol. The molecule has 0 unspecified atom stereocenters. The molecule has 0 aliphatic rings. The highest BCUT2D eigenvalue weighted by atomic mass is 79.9. The number of nitriles is 1. The SMILES string of the molecule is CCc1nc2ccc(Br)cc2c(C(=O)O)c1Oc1ccc(-c2ccccc2C#N)cc1. The van der Waals surface area contributed by atoms with Crippen LogP contribution in [0.15, 0.2) is 71.2 Å². The highest BCUT2D eigenvalue weighted by molar-refractivity contribution is 9.10. The van der Waals surface area contributed by atoms with Gasteiger partial charge in [-0.05, 0) is 53.9 Å². The molecule has 1 N–H and O–H groups in total. The van der Waals surface area contributed by atoms with Gasteiger partial charge in [0.15, 0.2) is 5.75 Å². The Morgan fingerprint density at radius 3 is 2.55 bits per heavy atom. The Labute approximate surface area is 187 Å². The number of aromatic carboxylic acids is 1. The third-order valence-corrected chi connectivity index (χ3v) is 5.45. The minimum atomic E-state index is -1.07. The van der Waals surface area contributed by atoms with Crippen LogP contribution in [0.1, 0.15) is 28.5 Å². The first-order valence-corrected chi connectivity index (χ1v) is 10.4. The number of benzene rings is 3. The summed E-state index contributed by atoms with van der Waals surface area (Å²) < 4.78 is 6.83. The minimum Gasteiger partial charge on any atom is -0.478 e. The Morgan fingerprint density at radius 2 is 1.87 bits per heavy atom. The van der Waals surface area contributed by atoms with Crippen molar-refractivity contribution in [2.24, 2.45) is 0 Å². The molecule has 0 bridgehead atoms. The first-order chi connectivity index (χ1) is 15.0. The van der Waals surface area contributed by atoms with Crippen molar-refractivity contribution in [3.8, 4) is 28.7 Å². The second-order valence-electron chi connectivity index (χ2n) is 6.87. The number of pyridine rings is 1. The fourth-order valence-corrected chi connectivity index (χ4v) is 3.84. The van der Waals surface area contributed by atoms with E-state index in [0.29, 0.717) is 34.3 Å². The zero-order chi connectivity index (χ0) is 22.0. The molecule has 4 rings (SSSR count). The molecule has 4 aromatic rings. The van der Waals surface area contributed by atoms with Crippen LogP contribution in [0.25, 0.3) is 22.0 Å². The summed E-state index contributed by atoms with van der Waals surface area (Å²) in [5.74, 6) is -0.341. The number of carboxylic acid groups (broad SMARTS) is 1. The van der Waals surface area contributed by atoms with Gasteiger partial charge in [0.25, 0.3) is 0 Å². The number of aryl methyl sites for hydroxylation is 1. The molecule has 0 fully saturated rings. The molecule has 152 valence electrons. The molecule has 0 aliphatic carbocycles. The molecule has 0 atom stereocenters. The third-order valence-electron chi connectivity index (χ3n) is 4.95. The van der Waals surface area contributed by atoms with E-state index < -0.39 is 5.97 Å². The monoisotopic (exact) mass is 472 g/mol. The lowest BCUT2D eigenvalue weighted by molar-refractivity contribution is 0.0696.